The Morgan fingerprint density at radius 1 is 0.844 bits per heavy atom. The number of halogens is 2. The average Bonchev–Trinajstić information content (AvgIpc) is 3.26. The van der Waals surface area contributed by atoms with E-state index >= 15 is 0 Å². The molecule has 158 valence electrons. The van der Waals surface area contributed by atoms with E-state index in [-0.39, 0.29) is 11.8 Å². The monoisotopic (exact) mass is 548 g/mol. The van der Waals surface area contributed by atoms with Crippen molar-refractivity contribution in [2.45, 2.75) is 18.7 Å². The lowest BCUT2D eigenvalue weighted by molar-refractivity contribution is -0.0204. The largest absolute Gasteiger partial charge is 0.507 e. The van der Waals surface area contributed by atoms with Crippen molar-refractivity contribution in [3.05, 3.63) is 104 Å². The quantitative estimate of drug-likeness (QED) is 0.285. The Balaban J connectivity index is 1.48. The van der Waals surface area contributed by atoms with Gasteiger partial charge in [-0.15, -0.1) is 0 Å². The van der Waals surface area contributed by atoms with Gasteiger partial charge >= 0.3 is 0 Å². The maximum Gasteiger partial charge on any atom is 0.217 e. The predicted octanol–water partition coefficient (Wildman–Crippen LogP) is 7.31. The van der Waals surface area contributed by atoms with Crippen LogP contribution in [0, 0.1) is 0 Å². The van der Waals surface area contributed by atoms with Gasteiger partial charge in [0.25, 0.3) is 0 Å². The zero-order chi connectivity index (χ0) is 21.8. The van der Waals surface area contributed by atoms with Gasteiger partial charge in [-0.05, 0) is 58.8 Å². The highest BCUT2D eigenvalue weighted by Crippen LogP contribution is 2.49. The lowest BCUT2D eigenvalue weighted by atomic mass is 9.95. The number of aromatic hydroxyl groups is 1. The number of phenols is 1. The second-order valence-corrected chi connectivity index (χ2v) is 9.90. The van der Waals surface area contributed by atoms with E-state index in [2.05, 4.69) is 80.4 Å². The van der Waals surface area contributed by atoms with Crippen molar-refractivity contribution in [2.75, 3.05) is 0 Å². The Kier molecular flexibility index (Phi) is 4.73. The summed E-state index contributed by atoms with van der Waals surface area (Å²) in [4.78, 5) is 0. The molecular weight excluding hydrogens is 532 g/mol. The van der Waals surface area contributed by atoms with Crippen molar-refractivity contribution in [1.82, 2.24) is 5.01 Å². The first-order valence-corrected chi connectivity index (χ1v) is 11.9. The number of rotatable bonds is 2. The standard InChI is InChI=1S/C26H18Br2N2O2/c27-18-7-9-24(31)21(13-18)26-30-23(20-12-19(28)8-10-25(20)32-26)14-22(29-30)17-6-5-15-3-1-2-4-16(15)11-17/h1-13,23,26,31H,14H2/t23-,26+/m1/s1. The van der Waals surface area contributed by atoms with E-state index in [1.54, 1.807) is 6.07 Å². The number of phenolic OH excluding ortho intramolecular Hbond substituents is 1. The van der Waals surface area contributed by atoms with Crippen LogP contribution in [0.5, 0.6) is 11.5 Å². The van der Waals surface area contributed by atoms with Crippen molar-refractivity contribution in [1.29, 1.82) is 0 Å². The maximum absolute atomic E-state index is 10.6. The Hall–Kier alpha value is -2.83. The lowest BCUT2D eigenvalue weighted by Gasteiger charge is -2.38. The van der Waals surface area contributed by atoms with E-state index in [0.717, 1.165) is 38.0 Å². The molecule has 2 heterocycles. The average molecular weight is 550 g/mol. The third-order valence-corrected chi connectivity index (χ3v) is 7.08. The maximum atomic E-state index is 10.6. The van der Waals surface area contributed by atoms with Crippen LogP contribution in [0.3, 0.4) is 0 Å². The molecule has 0 radical (unpaired) electrons. The van der Waals surface area contributed by atoms with Gasteiger partial charge < -0.3 is 9.84 Å². The van der Waals surface area contributed by atoms with Gasteiger partial charge in [-0.1, -0.05) is 68.3 Å². The van der Waals surface area contributed by atoms with E-state index < -0.39 is 6.23 Å². The van der Waals surface area contributed by atoms with Crippen LogP contribution in [0.2, 0.25) is 0 Å². The van der Waals surface area contributed by atoms with E-state index in [9.17, 15) is 5.11 Å². The molecule has 6 heteroatoms. The van der Waals surface area contributed by atoms with E-state index in [1.807, 2.05) is 29.3 Å². The van der Waals surface area contributed by atoms with Gasteiger partial charge in [0.05, 0.1) is 17.3 Å². The number of benzene rings is 4. The van der Waals surface area contributed by atoms with Gasteiger partial charge in [-0.25, -0.2) is 5.01 Å². The highest BCUT2D eigenvalue weighted by atomic mass is 79.9. The van der Waals surface area contributed by atoms with Gasteiger partial charge in [-0.2, -0.15) is 5.10 Å². The molecule has 0 saturated carbocycles. The summed E-state index contributed by atoms with van der Waals surface area (Å²) in [6.07, 6.45) is 0.236. The van der Waals surface area contributed by atoms with Gasteiger partial charge in [0.2, 0.25) is 6.23 Å². The third kappa shape index (κ3) is 3.29. The molecule has 0 bridgehead atoms. The molecule has 32 heavy (non-hydrogen) atoms. The van der Waals surface area contributed by atoms with Crippen LogP contribution in [-0.2, 0) is 0 Å². The molecular formula is C26H18Br2N2O2. The van der Waals surface area contributed by atoms with E-state index in [1.165, 1.54) is 10.8 Å². The van der Waals surface area contributed by atoms with Crippen molar-refractivity contribution >= 4 is 48.3 Å². The molecule has 0 amide bonds. The topological polar surface area (TPSA) is 45.1 Å². The van der Waals surface area contributed by atoms with Crippen LogP contribution in [0.1, 0.15) is 35.4 Å². The third-order valence-electron chi connectivity index (χ3n) is 6.09. The minimum absolute atomic E-state index is 0.0149. The molecule has 2 aliphatic heterocycles. The molecule has 4 aromatic rings. The van der Waals surface area contributed by atoms with E-state index in [0.29, 0.717) is 5.56 Å². The molecule has 2 aliphatic rings. The molecule has 1 N–H and O–H groups in total. The Labute approximate surface area is 202 Å². The summed E-state index contributed by atoms with van der Waals surface area (Å²) in [5, 5.41) is 20.0. The molecule has 6 rings (SSSR count). The summed E-state index contributed by atoms with van der Waals surface area (Å²) >= 11 is 7.12. The van der Waals surface area contributed by atoms with Crippen LogP contribution in [0.4, 0.5) is 0 Å². The van der Waals surface area contributed by atoms with Crippen LogP contribution in [-0.4, -0.2) is 15.8 Å². The van der Waals surface area contributed by atoms with Crippen molar-refractivity contribution in [3.63, 3.8) is 0 Å². The lowest BCUT2D eigenvalue weighted by Crippen LogP contribution is -2.33. The second kappa shape index (κ2) is 7.64. The smallest absolute Gasteiger partial charge is 0.217 e. The highest BCUT2D eigenvalue weighted by molar-refractivity contribution is 9.10. The summed E-state index contributed by atoms with van der Waals surface area (Å²) < 4.78 is 8.28. The summed E-state index contributed by atoms with van der Waals surface area (Å²) in [6, 6.07) is 26.3. The Bertz CT molecular complexity index is 1400. The van der Waals surface area contributed by atoms with Crippen molar-refractivity contribution in [3.8, 4) is 11.5 Å². The Morgan fingerprint density at radius 3 is 2.44 bits per heavy atom. The zero-order valence-electron chi connectivity index (χ0n) is 16.9. The minimum Gasteiger partial charge on any atom is -0.507 e. The normalized spacial score (nSPS) is 19.3. The molecule has 0 spiro atoms. The summed E-state index contributed by atoms with van der Waals surface area (Å²) in [6.45, 7) is 0. The first-order valence-electron chi connectivity index (χ1n) is 10.4. The fourth-order valence-electron chi connectivity index (χ4n) is 4.53. The van der Waals surface area contributed by atoms with Crippen LogP contribution in [0.15, 0.2) is 92.9 Å². The summed E-state index contributed by atoms with van der Waals surface area (Å²) in [5.74, 6) is 1.00. The molecule has 0 unspecified atom stereocenters. The number of hydrogen-bond donors (Lipinski definition) is 1. The van der Waals surface area contributed by atoms with Crippen LogP contribution >= 0.6 is 31.9 Å². The fraction of sp³-hybridized carbons (Fsp3) is 0.115. The Morgan fingerprint density at radius 2 is 1.59 bits per heavy atom. The van der Waals surface area contributed by atoms with Gasteiger partial charge in [-0.3, -0.25) is 0 Å². The molecule has 4 nitrogen and oxygen atoms in total. The number of nitrogens with zero attached hydrogens (tertiary/aromatic N) is 2. The molecule has 0 fully saturated rings. The van der Waals surface area contributed by atoms with Gasteiger partial charge in [0, 0.05) is 20.9 Å². The molecule has 2 atom stereocenters. The molecule has 0 aromatic heterocycles. The number of hydrogen-bond acceptors (Lipinski definition) is 4. The van der Waals surface area contributed by atoms with Crippen LogP contribution < -0.4 is 4.74 Å². The van der Waals surface area contributed by atoms with Crippen molar-refractivity contribution in [2.24, 2.45) is 5.10 Å². The summed E-state index contributed by atoms with van der Waals surface area (Å²) in [7, 11) is 0. The van der Waals surface area contributed by atoms with Crippen molar-refractivity contribution < 1.29 is 9.84 Å². The molecule has 0 saturated heterocycles. The SMILES string of the molecule is Oc1ccc(Br)cc1[C@@H]1Oc2ccc(Br)cc2[C@H]2CC(c3ccc4ccccc4c3)=NN21. The number of fused-ring (bicyclic) bond motifs is 4. The van der Waals surface area contributed by atoms with Gasteiger partial charge in [0.15, 0.2) is 0 Å². The molecule has 4 aromatic carbocycles. The number of ether oxygens (including phenoxy) is 1. The number of hydrazone groups is 1. The summed E-state index contributed by atoms with van der Waals surface area (Å²) in [5.41, 5.74) is 3.88. The van der Waals surface area contributed by atoms with E-state index in [4.69, 9.17) is 9.84 Å². The zero-order valence-corrected chi connectivity index (χ0v) is 20.0. The predicted molar refractivity (Wildman–Crippen MR) is 133 cm³/mol. The fourth-order valence-corrected chi connectivity index (χ4v) is 5.29. The van der Waals surface area contributed by atoms with Crippen LogP contribution in [0.25, 0.3) is 10.8 Å². The minimum atomic E-state index is -0.524. The molecule has 0 aliphatic carbocycles. The van der Waals surface area contributed by atoms with Gasteiger partial charge in [0.1, 0.15) is 11.5 Å². The first-order chi connectivity index (χ1) is 15.6. The first kappa shape index (κ1) is 19.8. The second-order valence-electron chi connectivity index (χ2n) is 8.06. The highest BCUT2D eigenvalue weighted by Gasteiger charge is 2.42.